The van der Waals surface area contributed by atoms with E-state index in [-0.39, 0.29) is 0 Å². The van der Waals surface area contributed by atoms with E-state index in [2.05, 4.69) is 6.07 Å². The van der Waals surface area contributed by atoms with Crippen molar-refractivity contribution in [1.29, 1.82) is 5.26 Å². The smallest absolute Gasteiger partial charge is 0.328 e. The van der Waals surface area contributed by atoms with Gasteiger partial charge in [0.15, 0.2) is 0 Å². The van der Waals surface area contributed by atoms with Gasteiger partial charge in [-0.25, -0.2) is 4.79 Å². The van der Waals surface area contributed by atoms with Crippen LogP contribution in [0.1, 0.15) is 11.1 Å². The van der Waals surface area contributed by atoms with Crippen LogP contribution in [0.3, 0.4) is 0 Å². The molecule has 0 fully saturated rings. The summed E-state index contributed by atoms with van der Waals surface area (Å²) in [6, 6.07) is 17.0. The molecule has 1 N–H and O–H groups in total. The molecule has 0 saturated carbocycles. The first-order valence-electron chi connectivity index (χ1n) is 5.72. The topological polar surface area (TPSA) is 61.1 Å². The van der Waals surface area contributed by atoms with Crippen molar-refractivity contribution in [3.8, 4) is 17.2 Å². The highest BCUT2D eigenvalue weighted by molar-refractivity contribution is 5.89. The molecule has 19 heavy (non-hydrogen) atoms. The number of hydrogen-bond donors (Lipinski definition) is 1. The molecule has 3 nitrogen and oxygen atoms in total. The van der Waals surface area contributed by atoms with Crippen LogP contribution in [0.5, 0.6) is 0 Å². The van der Waals surface area contributed by atoms with E-state index in [1.54, 1.807) is 12.1 Å². The summed E-state index contributed by atoms with van der Waals surface area (Å²) in [5.74, 6) is -1.04. The Labute approximate surface area is 111 Å². The molecule has 0 spiro atoms. The molecule has 0 atom stereocenters. The van der Waals surface area contributed by atoms with E-state index in [4.69, 9.17) is 10.4 Å². The van der Waals surface area contributed by atoms with Crippen molar-refractivity contribution in [2.75, 3.05) is 0 Å². The maximum Gasteiger partial charge on any atom is 0.328 e. The van der Waals surface area contributed by atoms with Gasteiger partial charge in [0, 0.05) is 11.6 Å². The van der Waals surface area contributed by atoms with Gasteiger partial charge >= 0.3 is 5.97 Å². The first-order valence-corrected chi connectivity index (χ1v) is 5.72. The number of hydrogen-bond acceptors (Lipinski definition) is 2. The number of nitriles is 1. The number of carboxylic acids is 1. The third kappa shape index (κ3) is 2.88. The molecule has 3 heteroatoms. The van der Waals surface area contributed by atoms with Crippen LogP contribution in [0.4, 0.5) is 0 Å². The standard InChI is InChI=1S/C16H11NO2/c17-11-13-7-4-8-14(12-5-2-1-3-6-12)15(13)9-10-16(18)19/h1-10H,(H,18,19). The van der Waals surface area contributed by atoms with Gasteiger partial charge in [-0.05, 0) is 23.3 Å². The summed E-state index contributed by atoms with van der Waals surface area (Å²) in [5, 5.41) is 17.9. The molecule has 2 aromatic carbocycles. The molecule has 2 rings (SSSR count). The zero-order valence-corrected chi connectivity index (χ0v) is 10.1. The van der Waals surface area contributed by atoms with Crippen molar-refractivity contribution in [3.63, 3.8) is 0 Å². The SMILES string of the molecule is N#Cc1cccc(-c2ccccc2)c1C=CC(=O)O. The highest BCUT2D eigenvalue weighted by Crippen LogP contribution is 2.27. The van der Waals surface area contributed by atoms with Crippen LogP contribution in [-0.2, 0) is 4.79 Å². The summed E-state index contributed by atoms with van der Waals surface area (Å²) in [6.07, 6.45) is 2.51. The molecule has 0 saturated heterocycles. The summed E-state index contributed by atoms with van der Waals surface area (Å²) in [5.41, 5.74) is 2.87. The number of aliphatic carboxylic acids is 1. The second-order valence-electron chi connectivity index (χ2n) is 3.92. The Bertz CT molecular complexity index is 667. The summed E-state index contributed by atoms with van der Waals surface area (Å²) < 4.78 is 0. The Kier molecular flexibility index (Phi) is 3.75. The third-order valence-corrected chi connectivity index (χ3v) is 2.70. The fourth-order valence-corrected chi connectivity index (χ4v) is 1.87. The first-order chi connectivity index (χ1) is 9.22. The molecule has 92 valence electrons. The Morgan fingerprint density at radius 3 is 2.47 bits per heavy atom. The minimum absolute atomic E-state index is 0.457. The van der Waals surface area contributed by atoms with Crippen LogP contribution < -0.4 is 0 Å². The molecule has 0 aromatic heterocycles. The van der Waals surface area contributed by atoms with Crippen molar-refractivity contribution in [3.05, 3.63) is 65.7 Å². The lowest BCUT2D eigenvalue weighted by Crippen LogP contribution is -1.91. The molecule has 0 aliphatic rings. The Balaban J connectivity index is 2.62. The zero-order valence-electron chi connectivity index (χ0n) is 10.1. The van der Waals surface area contributed by atoms with Crippen molar-refractivity contribution < 1.29 is 9.90 Å². The summed E-state index contributed by atoms with van der Waals surface area (Å²) in [6.45, 7) is 0. The van der Waals surface area contributed by atoms with E-state index in [0.29, 0.717) is 11.1 Å². The van der Waals surface area contributed by atoms with Crippen LogP contribution in [-0.4, -0.2) is 11.1 Å². The second-order valence-corrected chi connectivity index (χ2v) is 3.92. The van der Waals surface area contributed by atoms with Crippen LogP contribution in [0.2, 0.25) is 0 Å². The molecule has 0 aliphatic carbocycles. The van der Waals surface area contributed by atoms with E-state index in [0.717, 1.165) is 17.2 Å². The molecular formula is C16H11NO2. The van der Waals surface area contributed by atoms with Gasteiger partial charge in [-0.1, -0.05) is 42.5 Å². The molecule has 0 heterocycles. The maximum atomic E-state index is 10.7. The monoisotopic (exact) mass is 249 g/mol. The van der Waals surface area contributed by atoms with Crippen molar-refractivity contribution in [1.82, 2.24) is 0 Å². The molecule has 0 unspecified atom stereocenters. The number of carboxylic acid groups (broad SMARTS) is 1. The Morgan fingerprint density at radius 2 is 1.84 bits per heavy atom. The molecular weight excluding hydrogens is 238 g/mol. The van der Waals surface area contributed by atoms with Crippen molar-refractivity contribution >= 4 is 12.0 Å². The number of benzene rings is 2. The van der Waals surface area contributed by atoms with Crippen LogP contribution in [0.15, 0.2) is 54.6 Å². The minimum Gasteiger partial charge on any atom is -0.478 e. The van der Waals surface area contributed by atoms with Crippen molar-refractivity contribution in [2.24, 2.45) is 0 Å². The largest absolute Gasteiger partial charge is 0.478 e. The van der Waals surface area contributed by atoms with Gasteiger partial charge in [0.05, 0.1) is 11.6 Å². The zero-order chi connectivity index (χ0) is 13.7. The quantitative estimate of drug-likeness (QED) is 0.849. The maximum absolute atomic E-state index is 10.7. The Hall–Kier alpha value is -2.86. The van der Waals surface area contributed by atoms with Crippen molar-refractivity contribution in [2.45, 2.75) is 0 Å². The average Bonchev–Trinajstić information content (AvgIpc) is 2.45. The van der Waals surface area contributed by atoms with Gasteiger partial charge in [-0.2, -0.15) is 5.26 Å². The fourth-order valence-electron chi connectivity index (χ4n) is 1.87. The number of nitrogens with zero attached hydrogens (tertiary/aromatic N) is 1. The summed E-state index contributed by atoms with van der Waals surface area (Å²) in [7, 11) is 0. The van der Waals surface area contributed by atoms with Crippen LogP contribution >= 0.6 is 0 Å². The molecule has 2 aromatic rings. The van der Waals surface area contributed by atoms with Gasteiger partial charge in [-0.15, -0.1) is 0 Å². The van der Waals surface area contributed by atoms with E-state index in [9.17, 15) is 4.79 Å². The first kappa shape index (κ1) is 12.6. The van der Waals surface area contributed by atoms with E-state index >= 15 is 0 Å². The minimum atomic E-state index is -1.04. The van der Waals surface area contributed by atoms with Crippen LogP contribution in [0, 0.1) is 11.3 Å². The fraction of sp³-hybridized carbons (Fsp3) is 0. The molecule has 0 radical (unpaired) electrons. The number of rotatable bonds is 3. The highest BCUT2D eigenvalue weighted by Gasteiger charge is 2.07. The normalized spacial score (nSPS) is 10.3. The Morgan fingerprint density at radius 1 is 1.11 bits per heavy atom. The van der Waals surface area contributed by atoms with E-state index in [1.165, 1.54) is 6.08 Å². The van der Waals surface area contributed by atoms with Crippen LogP contribution in [0.25, 0.3) is 17.2 Å². The second kappa shape index (κ2) is 5.65. The summed E-state index contributed by atoms with van der Waals surface area (Å²) >= 11 is 0. The highest BCUT2D eigenvalue weighted by atomic mass is 16.4. The van der Waals surface area contributed by atoms with Gasteiger partial charge in [0.25, 0.3) is 0 Å². The lowest BCUT2D eigenvalue weighted by atomic mass is 9.95. The number of carbonyl (C=O) groups is 1. The molecule has 0 amide bonds. The molecule has 0 aliphatic heterocycles. The van der Waals surface area contributed by atoms with E-state index in [1.807, 2.05) is 36.4 Å². The lowest BCUT2D eigenvalue weighted by molar-refractivity contribution is -0.131. The van der Waals surface area contributed by atoms with Gasteiger partial charge in [-0.3, -0.25) is 0 Å². The van der Waals surface area contributed by atoms with E-state index < -0.39 is 5.97 Å². The predicted molar refractivity (Wildman–Crippen MR) is 73.3 cm³/mol. The third-order valence-electron chi connectivity index (χ3n) is 2.70. The lowest BCUT2D eigenvalue weighted by Gasteiger charge is -2.07. The summed E-state index contributed by atoms with van der Waals surface area (Å²) in [4.78, 5) is 10.7. The van der Waals surface area contributed by atoms with Gasteiger partial charge in [0.1, 0.15) is 0 Å². The molecule has 0 bridgehead atoms. The van der Waals surface area contributed by atoms with Gasteiger partial charge < -0.3 is 5.11 Å². The van der Waals surface area contributed by atoms with Gasteiger partial charge in [0.2, 0.25) is 0 Å². The average molecular weight is 249 g/mol. The predicted octanol–water partition coefficient (Wildman–Crippen LogP) is 3.32.